The van der Waals surface area contributed by atoms with Crippen LogP contribution in [0.1, 0.15) is 46.3 Å². The first-order chi connectivity index (χ1) is 8.01. The van der Waals surface area contributed by atoms with E-state index in [4.69, 9.17) is 4.74 Å². The van der Waals surface area contributed by atoms with Crippen LogP contribution in [0.3, 0.4) is 0 Å². The lowest BCUT2D eigenvalue weighted by molar-refractivity contribution is -0.108. The molecule has 0 radical (unpaired) electrons. The van der Waals surface area contributed by atoms with E-state index in [2.05, 4.69) is 0 Å². The molecule has 0 aliphatic heterocycles. The number of hydrogen-bond donors (Lipinski definition) is 0. The molecule has 0 aliphatic carbocycles. The van der Waals surface area contributed by atoms with Crippen molar-refractivity contribution in [3.8, 4) is 0 Å². The van der Waals surface area contributed by atoms with Gasteiger partial charge in [0.1, 0.15) is 6.29 Å². The second-order valence-corrected chi connectivity index (χ2v) is 4.30. The molecule has 0 heterocycles. The summed E-state index contributed by atoms with van der Waals surface area (Å²) in [4.78, 5) is 22.1. The Hall–Kier alpha value is -1.64. The molecule has 0 aliphatic rings. The van der Waals surface area contributed by atoms with Gasteiger partial charge in [0.25, 0.3) is 0 Å². The molecule has 0 amide bonds. The first-order valence-corrected chi connectivity index (χ1v) is 5.64. The van der Waals surface area contributed by atoms with Crippen molar-refractivity contribution >= 4 is 12.3 Å². The van der Waals surface area contributed by atoms with Gasteiger partial charge in [0.15, 0.2) is 0 Å². The van der Waals surface area contributed by atoms with Gasteiger partial charge < -0.3 is 9.53 Å². The zero-order chi connectivity index (χ0) is 13.0. The van der Waals surface area contributed by atoms with E-state index in [1.165, 1.54) is 7.11 Å². The molecule has 1 aromatic rings. The maximum Gasteiger partial charge on any atom is 0.337 e. The molecule has 0 aromatic heterocycles. The molecular weight excluding hydrogens is 216 g/mol. The highest BCUT2D eigenvalue weighted by Crippen LogP contribution is 2.26. The van der Waals surface area contributed by atoms with Gasteiger partial charge >= 0.3 is 5.97 Å². The van der Waals surface area contributed by atoms with E-state index in [0.29, 0.717) is 12.0 Å². The number of aldehydes is 1. The Balaban J connectivity index is 3.24. The molecule has 17 heavy (non-hydrogen) atoms. The van der Waals surface area contributed by atoms with E-state index in [0.717, 1.165) is 23.0 Å². The van der Waals surface area contributed by atoms with Crippen LogP contribution >= 0.6 is 0 Å². The number of carbonyl (C=O) groups excluding carboxylic acids is 2. The summed E-state index contributed by atoms with van der Waals surface area (Å²) < 4.78 is 4.72. The van der Waals surface area contributed by atoms with Crippen LogP contribution in [0.5, 0.6) is 0 Å². The Morgan fingerprint density at radius 3 is 2.59 bits per heavy atom. The maximum absolute atomic E-state index is 11.5. The molecule has 0 saturated carbocycles. The van der Waals surface area contributed by atoms with Crippen LogP contribution in [0, 0.1) is 13.8 Å². The average Bonchev–Trinajstić information content (AvgIpc) is 2.31. The van der Waals surface area contributed by atoms with E-state index >= 15 is 0 Å². The van der Waals surface area contributed by atoms with Gasteiger partial charge in [0.05, 0.1) is 12.7 Å². The van der Waals surface area contributed by atoms with Crippen LogP contribution < -0.4 is 0 Å². The Labute approximate surface area is 102 Å². The molecule has 3 nitrogen and oxygen atoms in total. The standard InChI is InChI=1S/C14H18O3/c1-9(5-6-15)13-8-12(14(16)17-4)7-10(2)11(13)3/h6-9H,5H2,1-4H3. The van der Waals surface area contributed by atoms with Crippen molar-refractivity contribution in [1.82, 2.24) is 0 Å². The van der Waals surface area contributed by atoms with Crippen molar-refractivity contribution in [2.24, 2.45) is 0 Å². The fourth-order valence-electron chi connectivity index (χ4n) is 1.91. The SMILES string of the molecule is COC(=O)c1cc(C)c(C)c(C(C)CC=O)c1. The number of carbonyl (C=O) groups is 2. The number of hydrogen-bond acceptors (Lipinski definition) is 3. The predicted octanol–water partition coefficient (Wildman–Crippen LogP) is 2.78. The number of methoxy groups -OCH3 is 1. The van der Waals surface area contributed by atoms with E-state index < -0.39 is 0 Å². The van der Waals surface area contributed by atoms with Gasteiger partial charge in [0.2, 0.25) is 0 Å². The van der Waals surface area contributed by atoms with Crippen LogP contribution in [0.25, 0.3) is 0 Å². The van der Waals surface area contributed by atoms with E-state index in [9.17, 15) is 9.59 Å². The molecule has 0 saturated heterocycles. The van der Waals surface area contributed by atoms with Crippen molar-refractivity contribution in [2.75, 3.05) is 7.11 Å². The minimum Gasteiger partial charge on any atom is -0.465 e. The van der Waals surface area contributed by atoms with Gasteiger partial charge in [-0.3, -0.25) is 0 Å². The molecule has 1 atom stereocenters. The summed E-state index contributed by atoms with van der Waals surface area (Å²) in [5.41, 5.74) is 3.76. The lowest BCUT2D eigenvalue weighted by Gasteiger charge is -2.15. The molecule has 0 N–H and O–H groups in total. The number of esters is 1. The maximum atomic E-state index is 11.5. The van der Waals surface area contributed by atoms with Gasteiger partial charge in [-0.15, -0.1) is 0 Å². The molecule has 0 bridgehead atoms. The van der Waals surface area contributed by atoms with Gasteiger partial charge in [-0.2, -0.15) is 0 Å². The lowest BCUT2D eigenvalue weighted by Crippen LogP contribution is -2.06. The van der Waals surface area contributed by atoms with E-state index in [-0.39, 0.29) is 11.9 Å². The quantitative estimate of drug-likeness (QED) is 0.594. The zero-order valence-corrected chi connectivity index (χ0v) is 10.7. The van der Waals surface area contributed by atoms with Gasteiger partial charge in [-0.05, 0) is 48.6 Å². The summed E-state index contributed by atoms with van der Waals surface area (Å²) in [5, 5.41) is 0. The molecule has 1 rings (SSSR count). The largest absolute Gasteiger partial charge is 0.465 e. The number of benzene rings is 1. The summed E-state index contributed by atoms with van der Waals surface area (Å²) in [5.74, 6) is -0.219. The topological polar surface area (TPSA) is 43.4 Å². The molecule has 0 spiro atoms. The molecular formula is C14H18O3. The van der Waals surface area contributed by atoms with Crippen molar-refractivity contribution in [1.29, 1.82) is 0 Å². The van der Waals surface area contributed by atoms with Crippen LogP contribution in [-0.2, 0) is 9.53 Å². The summed E-state index contributed by atoms with van der Waals surface area (Å²) in [6, 6.07) is 3.64. The molecule has 1 aromatic carbocycles. The fraction of sp³-hybridized carbons (Fsp3) is 0.429. The third kappa shape index (κ3) is 2.93. The van der Waals surface area contributed by atoms with Crippen molar-refractivity contribution in [3.05, 3.63) is 34.4 Å². The van der Waals surface area contributed by atoms with Crippen LogP contribution in [0.2, 0.25) is 0 Å². The number of ether oxygens (including phenoxy) is 1. The minimum absolute atomic E-state index is 0.121. The minimum atomic E-state index is -0.340. The molecule has 1 unspecified atom stereocenters. The Morgan fingerprint density at radius 1 is 1.41 bits per heavy atom. The fourth-order valence-corrected chi connectivity index (χ4v) is 1.91. The van der Waals surface area contributed by atoms with E-state index in [1.807, 2.05) is 32.9 Å². The highest BCUT2D eigenvalue weighted by molar-refractivity contribution is 5.90. The lowest BCUT2D eigenvalue weighted by atomic mass is 9.90. The van der Waals surface area contributed by atoms with Crippen LogP contribution in [-0.4, -0.2) is 19.4 Å². The Kier molecular flexibility index (Phi) is 4.44. The van der Waals surface area contributed by atoms with Crippen LogP contribution in [0.15, 0.2) is 12.1 Å². The summed E-state index contributed by atoms with van der Waals surface area (Å²) in [6.45, 7) is 5.95. The van der Waals surface area contributed by atoms with Crippen molar-refractivity contribution in [3.63, 3.8) is 0 Å². The Morgan fingerprint density at radius 2 is 2.06 bits per heavy atom. The van der Waals surface area contributed by atoms with Gasteiger partial charge in [-0.1, -0.05) is 6.92 Å². The first kappa shape index (κ1) is 13.4. The summed E-state index contributed by atoms with van der Waals surface area (Å²) in [6.07, 6.45) is 1.37. The second-order valence-electron chi connectivity index (χ2n) is 4.30. The summed E-state index contributed by atoms with van der Waals surface area (Å²) in [7, 11) is 1.37. The first-order valence-electron chi connectivity index (χ1n) is 5.64. The Bertz CT molecular complexity index is 435. The van der Waals surface area contributed by atoms with Crippen molar-refractivity contribution < 1.29 is 14.3 Å². The van der Waals surface area contributed by atoms with E-state index in [1.54, 1.807) is 0 Å². The highest BCUT2D eigenvalue weighted by Gasteiger charge is 2.14. The third-order valence-corrected chi connectivity index (χ3v) is 3.11. The third-order valence-electron chi connectivity index (χ3n) is 3.11. The highest BCUT2D eigenvalue weighted by atomic mass is 16.5. The van der Waals surface area contributed by atoms with Crippen molar-refractivity contribution in [2.45, 2.75) is 33.1 Å². The van der Waals surface area contributed by atoms with Gasteiger partial charge in [-0.25, -0.2) is 4.79 Å². The van der Waals surface area contributed by atoms with Crippen LogP contribution in [0.4, 0.5) is 0 Å². The zero-order valence-electron chi connectivity index (χ0n) is 10.7. The normalized spacial score (nSPS) is 12.0. The summed E-state index contributed by atoms with van der Waals surface area (Å²) >= 11 is 0. The smallest absolute Gasteiger partial charge is 0.337 e. The van der Waals surface area contributed by atoms with Gasteiger partial charge in [0, 0.05) is 6.42 Å². The average molecular weight is 234 g/mol. The molecule has 3 heteroatoms. The number of aryl methyl sites for hydroxylation is 1. The molecule has 92 valence electrons. The predicted molar refractivity (Wildman–Crippen MR) is 66.4 cm³/mol. The number of rotatable bonds is 4. The monoisotopic (exact) mass is 234 g/mol. The molecule has 0 fully saturated rings. The second kappa shape index (κ2) is 5.62.